The molecule has 0 spiro atoms. The van der Waals surface area contributed by atoms with Crippen LogP contribution in [-0.4, -0.2) is 25.5 Å². The molecule has 0 fully saturated rings. The first kappa shape index (κ1) is 26.2. The van der Waals surface area contributed by atoms with E-state index in [0.29, 0.717) is 29.6 Å². The van der Waals surface area contributed by atoms with Crippen LogP contribution < -0.4 is 10.2 Å². The van der Waals surface area contributed by atoms with Crippen LogP contribution in [0.4, 0.5) is 11.4 Å². The van der Waals surface area contributed by atoms with Gasteiger partial charge in [-0.15, -0.1) is 0 Å². The normalized spacial score (nSPS) is 13.0. The first-order valence-electron chi connectivity index (χ1n) is 12.6. The number of benzene rings is 4. The molecule has 4 heteroatoms. The van der Waals surface area contributed by atoms with Gasteiger partial charge in [-0.05, 0) is 51.4 Å². The van der Waals surface area contributed by atoms with Crippen LogP contribution in [0.2, 0.25) is 0 Å². The molecule has 4 nitrogen and oxygen atoms in total. The van der Waals surface area contributed by atoms with Crippen LogP contribution in [0, 0.1) is 0 Å². The lowest BCUT2D eigenvalue weighted by atomic mass is 9.84. The molecule has 2 N–H and O–H groups in total. The SMILES string of the molecule is CN(C)c1ccc(C(O)(C=O)c2ccc(-c3ccc(C(C)(C)C)cc3)cc2NCc2ccccc2)cc1. The minimum Gasteiger partial charge on any atom is -0.381 e. The average molecular weight is 493 g/mol. The molecule has 1 unspecified atom stereocenters. The van der Waals surface area contributed by atoms with Gasteiger partial charge in [0.25, 0.3) is 0 Å². The van der Waals surface area contributed by atoms with Crippen LogP contribution >= 0.6 is 0 Å². The molecule has 0 aliphatic heterocycles. The van der Waals surface area contributed by atoms with E-state index in [9.17, 15) is 9.90 Å². The Labute approximate surface area is 220 Å². The maximum Gasteiger partial charge on any atom is 0.172 e. The fraction of sp³-hybridized carbons (Fsp3) is 0.242. The first-order valence-corrected chi connectivity index (χ1v) is 12.6. The topological polar surface area (TPSA) is 52.6 Å². The number of anilines is 2. The molecule has 0 saturated carbocycles. The van der Waals surface area contributed by atoms with Crippen molar-refractivity contribution >= 4 is 17.7 Å². The van der Waals surface area contributed by atoms with Crippen LogP contribution in [0.25, 0.3) is 11.1 Å². The molecule has 0 heterocycles. The molecule has 37 heavy (non-hydrogen) atoms. The Kier molecular flexibility index (Phi) is 7.51. The Hall–Kier alpha value is -3.89. The highest BCUT2D eigenvalue weighted by Crippen LogP contribution is 2.37. The second kappa shape index (κ2) is 10.6. The lowest BCUT2D eigenvalue weighted by Crippen LogP contribution is -2.30. The van der Waals surface area contributed by atoms with E-state index in [4.69, 9.17) is 0 Å². The number of carbonyl (C=O) groups is 1. The van der Waals surface area contributed by atoms with Gasteiger partial charge in [0.2, 0.25) is 0 Å². The maximum atomic E-state index is 12.5. The smallest absolute Gasteiger partial charge is 0.172 e. The van der Waals surface area contributed by atoms with Crippen molar-refractivity contribution in [2.45, 2.75) is 38.3 Å². The molecule has 0 aromatic heterocycles. The lowest BCUT2D eigenvalue weighted by Gasteiger charge is -2.27. The number of rotatable bonds is 8. The molecule has 0 bridgehead atoms. The molecule has 0 aliphatic rings. The van der Waals surface area contributed by atoms with Crippen molar-refractivity contribution in [2.24, 2.45) is 0 Å². The highest BCUT2D eigenvalue weighted by atomic mass is 16.3. The van der Waals surface area contributed by atoms with Gasteiger partial charge in [-0.25, -0.2) is 0 Å². The third-order valence-corrected chi connectivity index (χ3v) is 6.83. The monoisotopic (exact) mass is 492 g/mol. The summed E-state index contributed by atoms with van der Waals surface area (Å²) in [5, 5.41) is 15.2. The van der Waals surface area contributed by atoms with Crippen LogP contribution in [0.1, 0.15) is 43.0 Å². The molecule has 190 valence electrons. The summed E-state index contributed by atoms with van der Waals surface area (Å²) in [6.45, 7) is 7.17. The largest absolute Gasteiger partial charge is 0.381 e. The molecule has 0 radical (unpaired) electrons. The van der Waals surface area contributed by atoms with Crippen molar-refractivity contribution in [1.29, 1.82) is 0 Å². The lowest BCUT2D eigenvalue weighted by molar-refractivity contribution is -0.121. The second-order valence-electron chi connectivity index (χ2n) is 10.8. The Balaban J connectivity index is 1.77. The van der Waals surface area contributed by atoms with E-state index in [-0.39, 0.29) is 5.41 Å². The van der Waals surface area contributed by atoms with E-state index in [1.807, 2.05) is 91.8 Å². The molecule has 0 aliphatic carbocycles. The van der Waals surface area contributed by atoms with Crippen molar-refractivity contribution in [1.82, 2.24) is 0 Å². The highest BCUT2D eigenvalue weighted by Gasteiger charge is 2.34. The summed E-state index contributed by atoms with van der Waals surface area (Å²) in [6.07, 6.45) is 0.624. The second-order valence-corrected chi connectivity index (χ2v) is 10.8. The summed E-state index contributed by atoms with van der Waals surface area (Å²) < 4.78 is 0. The highest BCUT2D eigenvalue weighted by molar-refractivity contribution is 5.80. The summed E-state index contributed by atoms with van der Waals surface area (Å²) in [6, 6.07) is 31.9. The van der Waals surface area contributed by atoms with Gasteiger partial charge in [0.15, 0.2) is 11.9 Å². The van der Waals surface area contributed by atoms with E-state index in [1.54, 1.807) is 0 Å². The van der Waals surface area contributed by atoms with E-state index in [1.165, 1.54) is 5.56 Å². The van der Waals surface area contributed by atoms with E-state index < -0.39 is 5.60 Å². The van der Waals surface area contributed by atoms with Gasteiger partial charge < -0.3 is 15.3 Å². The molecule has 1 atom stereocenters. The van der Waals surface area contributed by atoms with Crippen LogP contribution in [0.3, 0.4) is 0 Å². The zero-order chi connectivity index (χ0) is 26.6. The quantitative estimate of drug-likeness (QED) is 0.267. The van der Waals surface area contributed by atoms with E-state index >= 15 is 0 Å². The van der Waals surface area contributed by atoms with Gasteiger partial charge in [-0.1, -0.05) is 99.6 Å². The Morgan fingerprint density at radius 3 is 1.95 bits per heavy atom. The van der Waals surface area contributed by atoms with Crippen LogP contribution in [0.5, 0.6) is 0 Å². The van der Waals surface area contributed by atoms with Gasteiger partial charge >= 0.3 is 0 Å². The number of nitrogens with zero attached hydrogens (tertiary/aromatic N) is 1. The number of hydrogen-bond acceptors (Lipinski definition) is 4. The third-order valence-electron chi connectivity index (χ3n) is 6.83. The molecule has 0 saturated heterocycles. The van der Waals surface area contributed by atoms with Crippen molar-refractivity contribution in [3.8, 4) is 11.1 Å². The van der Waals surface area contributed by atoms with Gasteiger partial charge in [-0.2, -0.15) is 0 Å². The van der Waals surface area contributed by atoms with Crippen LogP contribution in [0.15, 0.2) is 97.1 Å². The maximum absolute atomic E-state index is 12.5. The predicted octanol–water partition coefficient (Wildman–Crippen LogP) is 6.76. The summed E-state index contributed by atoms with van der Waals surface area (Å²) >= 11 is 0. The van der Waals surface area contributed by atoms with Crippen molar-refractivity contribution in [3.63, 3.8) is 0 Å². The summed E-state index contributed by atoms with van der Waals surface area (Å²) in [7, 11) is 3.92. The molecule has 4 aromatic carbocycles. The van der Waals surface area contributed by atoms with Crippen LogP contribution in [-0.2, 0) is 22.4 Å². The van der Waals surface area contributed by atoms with Crippen molar-refractivity contribution in [3.05, 3.63) is 119 Å². The molecule has 4 rings (SSSR count). The van der Waals surface area contributed by atoms with E-state index in [2.05, 4.69) is 50.4 Å². The van der Waals surface area contributed by atoms with Gasteiger partial charge in [0.1, 0.15) is 0 Å². The Morgan fingerprint density at radius 1 is 0.784 bits per heavy atom. The molecular weight excluding hydrogens is 456 g/mol. The summed E-state index contributed by atoms with van der Waals surface area (Å²) in [5.74, 6) is 0. The standard InChI is InChI=1S/C33H36N2O2/c1-32(2,3)27-14-11-25(12-15-27)26-13-20-30(31(21-26)34-22-24-9-7-6-8-10-24)33(37,23-36)28-16-18-29(19-17-28)35(4)5/h6-21,23,34,37H,22H2,1-5H3. The Bertz CT molecular complexity index is 1340. The first-order chi connectivity index (χ1) is 17.6. The average Bonchev–Trinajstić information content (AvgIpc) is 2.91. The van der Waals surface area contributed by atoms with Crippen molar-refractivity contribution in [2.75, 3.05) is 24.3 Å². The number of nitrogens with one attached hydrogen (secondary N) is 1. The number of carbonyl (C=O) groups excluding carboxylic acids is 1. The van der Waals surface area contributed by atoms with Gasteiger partial charge in [0, 0.05) is 37.6 Å². The number of hydrogen-bond donors (Lipinski definition) is 2. The molecular formula is C33H36N2O2. The minimum absolute atomic E-state index is 0.0768. The number of aldehydes is 1. The van der Waals surface area contributed by atoms with Gasteiger partial charge in [-0.3, -0.25) is 4.79 Å². The summed E-state index contributed by atoms with van der Waals surface area (Å²) in [4.78, 5) is 14.5. The zero-order valence-electron chi connectivity index (χ0n) is 22.3. The number of aliphatic hydroxyl groups is 1. The predicted molar refractivity (Wildman–Crippen MR) is 154 cm³/mol. The minimum atomic E-state index is -1.79. The fourth-order valence-electron chi connectivity index (χ4n) is 4.46. The molecule has 0 amide bonds. The Morgan fingerprint density at radius 2 is 1.38 bits per heavy atom. The summed E-state index contributed by atoms with van der Waals surface area (Å²) in [5.41, 5.74) is 5.50. The van der Waals surface area contributed by atoms with E-state index in [0.717, 1.165) is 22.4 Å². The van der Waals surface area contributed by atoms with Gasteiger partial charge in [0.05, 0.1) is 0 Å². The fourth-order valence-corrected chi connectivity index (χ4v) is 4.46. The third kappa shape index (κ3) is 5.76. The van der Waals surface area contributed by atoms with Crippen molar-refractivity contribution < 1.29 is 9.90 Å². The zero-order valence-corrected chi connectivity index (χ0v) is 22.3. The molecule has 4 aromatic rings.